The molecule has 1 N–H and O–H groups in total. The summed E-state index contributed by atoms with van der Waals surface area (Å²) < 4.78 is 31.5. The smallest absolute Gasteiger partial charge is 0.242 e. The molecule has 202 valence electrons. The molecule has 8 nitrogen and oxygen atoms in total. The standard InChI is InChI=1S/C29H35N3O5S/c1-30-29(34)27(21-23-12-6-4-7-13-23)31(22-24-14-10-17-26(20-24)37-2)28(33)18-11-19-32(38(3,35)36)25-15-8-5-9-16-25/h4-10,12-17,20,27H,11,18-19,21-22H2,1-3H3,(H,30,34). The van der Waals surface area contributed by atoms with Crippen molar-refractivity contribution in [1.29, 1.82) is 0 Å². The number of hydrogen-bond acceptors (Lipinski definition) is 5. The predicted molar refractivity (Wildman–Crippen MR) is 149 cm³/mol. The van der Waals surface area contributed by atoms with Crippen LogP contribution >= 0.6 is 0 Å². The summed E-state index contributed by atoms with van der Waals surface area (Å²) in [5, 5.41) is 2.70. The van der Waals surface area contributed by atoms with E-state index in [1.807, 2.05) is 60.7 Å². The molecule has 0 aliphatic carbocycles. The van der Waals surface area contributed by atoms with Crippen LogP contribution in [0, 0.1) is 0 Å². The molecule has 0 heterocycles. The predicted octanol–water partition coefficient (Wildman–Crippen LogP) is 3.63. The number of methoxy groups -OCH3 is 1. The lowest BCUT2D eigenvalue weighted by molar-refractivity contribution is -0.141. The molecule has 0 aliphatic rings. The summed E-state index contributed by atoms with van der Waals surface area (Å²) >= 11 is 0. The molecule has 9 heteroatoms. The fourth-order valence-electron chi connectivity index (χ4n) is 4.29. The van der Waals surface area contributed by atoms with Crippen LogP contribution in [0.5, 0.6) is 5.75 Å². The van der Waals surface area contributed by atoms with Gasteiger partial charge < -0.3 is 15.0 Å². The maximum absolute atomic E-state index is 13.7. The van der Waals surface area contributed by atoms with Crippen LogP contribution in [0.4, 0.5) is 5.69 Å². The van der Waals surface area contributed by atoms with Gasteiger partial charge in [-0.05, 0) is 41.8 Å². The van der Waals surface area contributed by atoms with Gasteiger partial charge in [0, 0.05) is 33.0 Å². The first-order valence-electron chi connectivity index (χ1n) is 12.4. The molecular formula is C29H35N3O5S. The van der Waals surface area contributed by atoms with Gasteiger partial charge >= 0.3 is 0 Å². The molecule has 0 saturated heterocycles. The van der Waals surface area contributed by atoms with E-state index in [0.717, 1.165) is 17.4 Å². The summed E-state index contributed by atoms with van der Waals surface area (Å²) in [4.78, 5) is 28.3. The van der Waals surface area contributed by atoms with Gasteiger partial charge in [-0.25, -0.2) is 8.42 Å². The average Bonchev–Trinajstić information content (AvgIpc) is 2.93. The second kappa shape index (κ2) is 13.6. The summed E-state index contributed by atoms with van der Waals surface area (Å²) in [6.07, 6.45) is 1.86. The molecule has 38 heavy (non-hydrogen) atoms. The van der Waals surface area contributed by atoms with Crippen LogP contribution in [0.2, 0.25) is 0 Å². The van der Waals surface area contributed by atoms with Crippen molar-refractivity contribution in [2.24, 2.45) is 0 Å². The minimum absolute atomic E-state index is 0.0745. The van der Waals surface area contributed by atoms with Gasteiger partial charge in [-0.3, -0.25) is 13.9 Å². The van der Waals surface area contributed by atoms with E-state index in [-0.39, 0.29) is 31.3 Å². The lowest BCUT2D eigenvalue weighted by atomic mass is 10.0. The van der Waals surface area contributed by atoms with Gasteiger partial charge in [0.2, 0.25) is 21.8 Å². The number of rotatable bonds is 13. The zero-order valence-corrected chi connectivity index (χ0v) is 22.9. The summed E-state index contributed by atoms with van der Waals surface area (Å²) in [7, 11) is -0.408. The van der Waals surface area contributed by atoms with Crippen molar-refractivity contribution >= 4 is 27.5 Å². The Morgan fingerprint density at radius 1 is 0.921 bits per heavy atom. The minimum Gasteiger partial charge on any atom is -0.497 e. The molecule has 3 aromatic carbocycles. The zero-order valence-electron chi connectivity index (χ0n) is 22.0. The maximum atomic E-state index is 13.7. The number of likely N-dealkylation sites (N-methyl/N-ethyl adjacent to an activating group) is 1. The highest BCUT2D eigenvalue weighted by Gasteiger charge is 2.30. The molecule has 1 unspecified atom stereocenters. The molecule has 0 aromatic heterocycles. The Kier molecular flexibility index (Phi) is 10.3. The fraction of sp³-hybridized carbons (Fsp3) is 0.310. The average molecular weight is 538 g/mol. The molecule has 2 amide bonds. The van der Waals surface area contributed by atoms with Crippen molar-refractivity contribution in [3.05, 3.63) is 96.1 Å². The Labute approximate surface area is 225 Å². The number of nitrogens with one attached hydrogen (secondary N) is 1. The van der Waals surface area contributed by atoms with Crippen LogP contribution in [-0.4, -0.2) is 58.1 Å². The summed E-state index contributed by atoms with van der Waals surface area (Å²) in [6.45, 7) is 0.348. The molecular weight excluding hydrogens is 502 g/mol. The first kappa shape index (κ1) is 28.7. The number of benzene rings is 3. The fourth-order valence-corrected chi connectivity index (χ4v) is 5.25. The monoisotopic (exact) mass is 537 g/mol. The van der Waals surface area contributed by atoms with E-state index in [1.54, 1.807) is 43.3 Å². The van der Waals surface area contributed by atoms with Gasteiger partial charge in [0.25, 0.3) is 0 Å². The van der Waals surface area contributed by atoms with Crippen molar-refractivity contribution in [1.82, 2.24) is 10.2 Å². The third-order valence-corrected chi connectivity index (χ3v) is 7.39. The lowest BCUT2D eigenvalue weighted by Gasteiger charge is -2.31. The van der Waals surface area contributed by atoms with Gasteiger partial charge in [-0.2, -0.15) is 0 Å². The van der Waals surface area contributed by atoms with Gasteiger partial charge in [-0.15, -0.1) is 0 Å². The van der Waals surface area contributed by atoms with Crippen molar-refractivity contribution in [2.75, 3.05) is 31.3 Å². The molecule has 1 atom stereocenters. The normalized spacial score (nSPS) is 11.9. The lowest BCUT2D eigenvalue weighted by Crippen LogP contribution is -2.49. The molecule has 0 radical (unpaired) electrons. The van der Waals surface area contributed by atoms with Crippen molar-refractivity contribution in [3.8, 4) is 5.75 Å². The Balaban J connectivity index is 1.85. The van der Waals surface area contributed by atoms with Crippen LogP contribution in [0.3, 0.4) is 0 Å². The van der Waals surface area contributed by atoms with Gasteiger partial charge in [-0.1, -0.05) is 60.7 Å². The number of nitrogens with zero attached hydrogens (tertiary/aromatic N) is 2. The van der Waals surface area contributed by atoms with Gasteiger partial charge in [0.05, 0.1) is 19.1 Å². The molecule has 3 aromatic rings. The van der Waals surface area contributed by atoms with Crippen LogP contribution in [0.1, 0.15) is 24.0 Å². The van der Waals surface area contributed by atoms with E-state index in [2.05, 4.69) is 5.32 Å². The summed E-state index contributed by atoms with van der Waals surface area (Å²) in [5.74, 6) is 0.145. The number of para-hydroxylation sites is 1. The summed E-state index contributed by atoms with van der Waals surface area (Å²) in [5.41, 5.74) is 2.29. The van der Waals surface area contributed by atoms with Crippen molar-refractivity contribution in [2.45, 2.75) is 31.8 Å². The minimum atomic E-state index is -3.54. The van der Waals surface area contributed by atoms with E-state index in [4.69, 9.17) is 4.74 Å². The quantitative estimate of drug-likeness (QED) is 0.359. The highest BCUT2D eigenvalue weighted by Crippen LogP contribution is 2.21. The number of amides is 2. The van der Waals surface area contributed by atoms with E-state index in [1.165, 1.54) is 4.31 Å². The largest absolute Gasteiger partial charge is 0.497 e. The number of ether oxygens (including phenoxy) is 1. The second-order valence-corrected chi connectivity index (χ2v) is 10.9. The van der Waals surface area contributed by atoms with E-state index in [0.29, 0.717) is 24.3 Å². The van der Waals surface area contributed by atoms with E-state index in [9.17, 15) is 18.0 Å². The Hall–Kier alpha value is -3.85. The van der Waals surface area contributed by atoms with E-state index >= 15 is 0 Å². The Morgan fingerprint density at radius 3 is 2.16 bits per heavy atom. The Morgan fingerprint density at radius 2 is 1.55 bits per heavy atom. The number of carbonyl (C=O) groups is 2. The highest BCUT2D eigenvalue weighted by atomic mass is 32.2. The van der Waals surface area contributed by atoms with Crippen LogP contribution in [0.25, 0.3) is 0 Å². The maximum Gasteiger partial charge on any atom is 0.242 e. The topological polar surface area (TPSA) is 96.0 Å². The van der Waals surface area contributed by atoms with Crippen molar-refractivity contribution < 1.29 is 22.7 Å². The molecule has 0 saturated carbocycles. The first-order valence-corrected chi connectivity index (χ1v) is 14.3. The van der Waals surface area contributed by atoms with Crippen LogP contribution in [0.15, 0.2) is 84.9 Å². The number of hydrogen-bond donors (Lipinski definition) is 1. The number of sulfonamides is 1. The molecule has 0 fully saturated rings. The third kappa shape index (κ3) is 8.08. The molecule has 0 spiro atoms. The zero-order chi connectivity index (χ0) is 27.5. The highest BCUT2D eigenvalue weighted by molar-refractivity contribution is 7.92. The van der Waals surface area contributed by atoms with Gasteiger partial charge in [0.15, 0.2) is 0 Å². The molecule has 0 bridgehead atoms. The number of carbonyl (C=O) groups excluding carboxylic acids is 2. The van der Waals surface area contributed by atoms with E-state index < -0.39 is 16.1 Å². The third-order valence-electron chi connectivity index (χ3n) is 6.20. The molecule has 0 aliphatic heterocycles. The van der Waals surface area contributed by atoms with Crippen molar-refractivity contribution in [3.63, 3.8) is 0 Å². The Bertz CT molecular complexity index is 1300. The van der Waals surface area contributed by atoms with Crippen LogP contribution in [-0.2, 0) is 32.6 Å². The first-order chi connectivity index (χ1) is 18.2. The van der Waals surface area contributed by atoms with Gasteiger partial charge in [0.1, 0.15) is 11.8 Å². The van der Waals surface area contributed by atoms with Crippen LogP contribution < -0.4 is 14.4 Å². The second-order valence-electron chi connectivity index (χ2n) is 8.97. The molecule has 3 rings (SSSR count). The number of anilines is 1. The SMILES string of the molecule is CNC(=O)C(Cc1ccccc1)N(Cc1cccc(OC)c1)C(=O)CCCN(c1ccccc1)S(C)(=O)=O. The summed E-state index contributed by atoms with van der Waals surface area (Å²) in [6, 6.07) is 25.0.